The summed E-state index contributed by atoms with van der Waals surface area (Å²) in [4.78, 5) is 26.4. The van der Waals surface area contributed by atoms with Gasteiger partial charge >= 0.3 is 0 Å². The van der Waals surface area contributed by atoms with Gasteiger partial charge in [-0.2, -0.15) is 0 Å². The first kappa shape index (κ1) is 20.8. The van der Waals surface area contributed by atoms with Crippen molar-refractivity contribution in [2.75, 3.05) is 38.2 Å². The number of hydrogen-bond acceptors (Lipinski definition) is 4. The lowest BCUT2D eigenvalue weighted by Gasteiger charge is -2.26. The summed E-state index contributed by atoms with van der Waals surface area (Å²) in [6, 6.07) is 8.62. The Morgan fingerprint density at radius 2 is 1.79 bits per heavy atom. The molecule has 2 aromatic carbocycles. The molecule has 1 heterocycles. The van der Waals surface area contributed by atoms with Crippen molar-refractivity contribution in [3.05, 3.63) is 65.0 Å². The average molecular weight is 407 g/mol. The van der Waals surface area contributed by atoms with Crippen LogP contribution < -0.4 is 10.6 Å². The molecular weight excluding hydrogens is 387 g/mol. The molecule has 0 saturated carbocycles. The predicted octanol–water partition coefficient (Wildman–Crippen LogP) is 2.30. The number of rotatable bonds is 6. The van der Waals surface area contributed by atoms with Gasteiger partial charge < -0.3 is 15.4 Å². The van der Waals surface area contributed by atoms with Gasteiger partial charge in [-0.3, -0.25) is 14.5 Å². The summed E-state index contributed by atoms with van der Waals surface area (Å²) in [6.07, 6.45) is 0. The van der Waals surface area contributed by atoms with Crippen LogP contribution in [0.2, 0.25) is 0 Å². The smallest absolute Gasteiger partial charge is 0.251 e. The van der Waals surface area contributed by atoms with Gasteiger partial charge in [-0.25, -0.2) is 13.2 Å². The van der Waals surface area contributed by atoms with E-state index < -0.39 is 41.5 Å². The van der Waals surface area contributed by atoms with Gasteiger partial charge in [0.25, 0.3) is 5.91 Å². The number of ether oxygens (including phenoxy) is 1. The minimum atomic E-state index is -1.68. The second-order valence-electron chi connectivity index (χ2n) is 6.54. The summed E-state index contributed by atoms with van der Waals surface area (Å²) in [7, 11) is 0. The van der Waals surface area contributed by atoms with E-state index in [2.05, 4.69) is 15.5 Å². The van der Waals surface area contributed by atoms with Crippen LogP contribution in [0.1, 0.15) is 15.9 Å². The van der Waals surface area contributed by atoms with Gasteiger partial charge in [0.1, 0.15) is 0 Å². The van der Waals surface area contributed by atoms with E-state index in [1.54, 1.807) is 18.2 Å². The number of anilines is 1. The average Bonchev–Trinajstić information content (AvgIpc) is 2.73. The lowest BCUT2D eigenvalue weighted by Crippen LogP contribution is -2.35. The zero-order chi connectivity index (χ0) is 20.8. The third kappa shape index (κ3) is 5.55. The van der Waals surface area contributed by atoms with Crippen molar-refractivity contribution < 1.29 is 27.5 Å². The molecule has 0 atom stereocenters. The minimum Gasteiger partial charge on any atom is -0.379 e. The Bertz CT molecular complexity index is 902. The molecular formula is C20H20F3N3O3. The lowest BCUT2D eigenvalue weighted by molar-refractivity contribution is -0.115. The number of amides is 2. The molecule has 0 radical (unpaired) electrons. The zero-order valence-corrected chi connectivity index (χ0v) is 15.5. The quantitative estimate of drug-likeness (QED) is 0.721. The maximum atomic E-state index is 13.6. The Morgan fingerprint density at radius 1 is 1.03 bits per heavy atom. The van der Waals surface area contributed by atoms with Gasteiger partial charge in [0.2, 0.25) is 5.91 Å². The van der Waals surface area contributed by atoms with E-state index in [9.17, 15) is 22.8 Å². The van der Waals surface area contributed by atoms with Crippen LogP contribution in [0.3, 0.4) is 0 Å². The second kappa shape index (κ2) is 9.53. The van der Waals surface area contributed by atoms with Gasteiger partial charge in [0.05, 0.1) is 25.4 Å². The predicted molar refractivity (Wildman–Crippen MR) is 99.8 cm³/mol. The number of carbonyl (C=O) groups excluding carboxylic acids is 2. The summed E-state index contributed by atoms with van der Waals surface area (Å²) < 4.78 is 45.0. The van der Waals surface area contributed by atoms with Crippen LogP contribution in [0.4, 0.5) is 18.9 Å². The van der Waals surface area contributed by atoms with Crippen molar-refractivity contribution in [3.8, 4) is 0 Å². The van der Waals surface area contributed by atoms with E-state index in [4.69, 9.17) is 4.74 Å². The van der Waals surface area contributed by atoms with Crippen molar-refractivity contribution in [1.29, 1.82) is 0 Å². The molecule has 1 fully saturated rings. The monoisotopic (exact) mass is 407 g/mol. The van der Waals surface area contributed by atoms with E-state index in [1.807, 2.05) is 6.07 Å². The molecule has 154 valence electrons. The number of halogens is 3. The van der Waals surface area contributed by atoms with Crippen LogP contribution in [-0.2, 0) is 16.1 Å². The zero-order valence-electron chi connectivity index (χ0n) is 15.5. The molecule has 0 spiro atoms. The Morgan fingerprint density at radius 3 is 2.55 bits per heavy atom. The molecule has 2 aromatic rings. The minimum absolute atomic E-state index is 0.377. The summed E-state index contributed by atoms with van der Waals surface area (Å²) in [5, 5.41) is 4.52. The molecule has 0 aromatic heterocycles. The van der Waals surface area contributed by atoms with Crippen molar-refractivity contribution in [2.24, 2.45) is 0 Å². The van der Waals surface area contributed by atoms with Gasteiger partial charge in [-0.05, 0) is 29.8 Å². The van der Waals surface area contributed by atoms with E-state index in [1.165, 1.54) is 0 Å². The van der Waals surface area contributed by atoms with Crippen molar-refractivity contribution in [1.82, 2.24) is 10.2 Å². The summed E-state index contributed by atoms with van der Waals surface area (Å²) in [6.45, 7) is 3.21. The molecule has 3 rings (SSSR count). The highest BCUT2D eigenvalue weighted by molar-refractivity contribution is 5.99. The van der Waals surface area contributed by atoms with Crippen LogP contribution in [-0.4, -0.2) is 49.6 Å². The molecule has 0 unspecified atom stereocenters. The number of nitrogens with zero attached hydrogens (tertiary/aromatic N) is 1. The molecule has 9 heteroatoms. The first-order chi connectivity index (χ1) is 13.9. The lowest BCUT2D eigenvalue weighted by atomic mass is 10.1. The largest absolute Gasteiger partial charge is 0.379 e. The third-order valence-electron chi connectivity index (χ3n) is 4.42. The number of benzene rings is 2. The molecule has 2 amide bonds. The van der Waals surface area contributed by atoms with Crippen molar-refractivity contribution >= 4 is 17.5 Å². The number of hydrogen-bond donors (Lipinski definition) is 2. The van der Waals surface area contributed by atoms with Crippen molar-refractivity contribution in [3.63, 3.8) is 0 Å². The number of morpholine rings is 1. The van der Waals surface area contributed by atoms with E-state index in [0.29, 0.717) is 31.4 Å². The van der Waals surface area contributed by atoms with Crippen LogP contribution in [0.5, 0.6) is 0 Å². The van der Waals surface area contributed by atoms with E-state index in [-0.39, 0.29) is 0 Å². The Balaban J connectivity index is 1.54. The highest BCUT2D eigenvalue weighted by atomic mass is 19.2. The number of carbonyl (C=O) groups is 2. The Labute approximate surface area is 165 Å². The molecule has 1 saturated heterocycles. The molecule has 0 aliphatic carbocycles. The van der Waals surface area contributed by atoms with Gasteiger partial charge in [-0.1, -0.05) is 12.1 Å². The first-order valence-corrected chi connectivity index (χ1v) is 9.04. The molecule has 29 heavy (non-hydrogen) atoms. The Hall–Kier alpha value is -2.91. The van der Waals surface area contributed by atoms with E-state index in [0.717, 1.165) is 24.7 Å². The Kier molecular flexibility index (Phi) is 6.84. The second-order valence-corrected chi connectivity index (χ2v) is 6.54. The van der Waals surface area contributed by atoms with Gasteiger partial charge in [0, 0.05) is 25.2 Å². The van der Waals surface area contributed by atoms with Crippen LogP contribution in [0.15, 0.2) is 36.4 Å². The summed E-state index contributed by atoms with van der Waals surface area (Å²) in [5.41, 5.74) is 0.825. The normalized spacial score (nSPS) is 14.4. The first-order valence-electron chi connectivity index (χ1n) is 9.04. The number of nitrogens with one attached hydrogen (secondary N) is 2. The van der Waals surface area contributed by atoms with E-state index >= 15 is 0 Å². The molecule has 6 nitrogen and oxygen atoms in total. The fourth-order valence-electron chi connectivity index (χ4n) is 2.91. The fourth-order valence-corrected chi connectivity index (χ4v) is 2.91. The maximum absolute atomic E-state index is 13.6. The molecule has 0 bridgehead atoms. The fraction of sp³-hybridized carbons (Fsp3) is 0.300. The van der Waals surface area contributed by atoms with Gasteiger partial charge in [-0.15, -0.1) is 0 Å². The molecule has 1 aliphatic heterocycles. The third-order valence-corrected chi connectivity index (χ3v) is 4.42. The molecule has 1 aliphatic rings. The standard InChI is InChI=1S/C20H20F3N3O3/c21-15-4-5-16(19(23)18(15)22)25-17(27)11-24-20(28)14-3-1-2-13(10-14)12-26-6-8-29-9-7-26/h1-5,10H,6-9,11-12H2,(H,24,28)(H,25,27). The maximum Gasteiger partial charge on any atom is 0.251 e. The van der Waals surface area contributed by atoms with Gasteiger partial charge in [0.15, 0.2) is 17.5 Å². The summed E-state index contributed by atoms with van der Waals surface area (Å²) in [5.74, 6) is -5.78. The molecule has 2 N–H and O–H groups in total. The summed E-state index contributed by atoms with van der Waals surface area (Å²) >= 11 is 0. The van der Waals surface area contributed by atoms with Crippen LogP contribution in [0, 0.1) is 17.5 Å². The van der Waals surface area contributed by atoms with Crippen molar-refractivity contribution in [2.45, 2.75) is 6.54 Å². The highest BCUT2D eigenvalue weighted by Crippen LogP contribution is 2.19. The van der Waals surface area contributed by atoms with Crippen LogP contribution >= 0.6 is 0 Å². The topological polar surface area (TPSA) is 70.7 Å². The van der Waals surface area contributed by atoms with Crippen LogP contribution in [0.25, 0.3) is 0 Å². The highest BCUT2D eigenvalue weighted by Gasteiger charge is 2.16. The SMILES string of the molecule is O=C(CNC(=O)c1cccc(CN2CCOCC2)c1)Nc1ccc(F)c(F)c1F.